The maximum absolute atomic E-state index is 11.4. The van der Waals surface area contributed by atoms with Gasteiger partial charge in [-0.15, -0.1) is 0 Å². The fourth-order valence-corrected chi connectivity index (χ4v) is 2.52. The second kappa shape index (κ2) is 4.49. The first kappa shape index (κ1) is 12.1. The molecule has 17 heavy (non-hydrogen) atoms. The molecule has 2 heterocycles. The summed E-state index contributed by atoms with van der Waals surface area (Å²) in [6, 6.07) is 1.58. The molecule has 0 saturated carbocycles. The van der Waals surface area contributed by atoms with E-state index in [-0.39, 0.29) is 11.0 Å². The van der Waals surface area contributed by atoms with Crippen LogP contribution in [-0.4, -0.2) is 36.6 Å². The normalized spacial score (nSPS) is 24.3. The molecule has 1 saturated heterocycles. The van der Waals surface area contributed by atoms with Crippen LogP contribution in [0.2, 0.25) is 0 Å². The average molecular weight is 236 g/mol. The highest BCUT2D eigenvalue weighted by atomic mass is 16.1. The van der Waals surface area contributed by atoms with Gasteiger partial charge in [-0.3, -0.25) is 4.79 Å². The molecule has 2 N–H and O–H groups in total. The predicted molar refractivity (Wildman–Crippen MR) is 68.5 cm³/mol. The van der Waals surface area contributed by atoms with Gasteiger partial charge in [-0.05, 0) is 25.8 Å². The zero-order valence-corrected chi connectivity index (χ0v) is 10.7. The summed E-state index contributed by atoms with van der Waals surface area (Å²) in [4.78, 5) is 20.7. The molecule has 94 valence electrons. The van der Waals surface area contributed by atoms with Crippen LogP contribution in [0, 0.1) is 12.3 Å². The van der Waals surface area contributed by atoms with Crippen molar-refractivity contribution >= 4 is 5.82 Å². The maximum Gasteiger partial charge on any atom is 0.252 e. The third-order valence-corrected chi connectivity index (χ3v) is 3.33. The van der Waals surface area contributed by atoms with Crippen LogP contribution in [0.5, 0.6) is 0 Å². The summed E-state index contributed by atoms with van der Waals surface area (Å²) in [5, 5.41) is 3.23. The van der Waals surface area contributed by atoms with Crippen LogP contribution in [0.4, 0.5) is 5.82 Å². The molecule has 5 nitrogen and oxygen atoms in total. The molecule has 0 spiro atoms. The lowest BCUT2D eigenvalue weighted by atomic mass is 9.90. The number of aromatic amines is 1. The van der Waals surface area contributed by atoms with Crippen LogP contribution in [0.1, 0.15) is 19.2 Å². The largest absolute Gasteiger partial charge is 0.356 e. The number of aromatic nitrogens is 2. The highest BCUT2D eigenvalue weighted by Gasteiger charge is 2.33. The lowest BCUT2D eigenvalue weighted by molar-refractivity contribution is 0.355. The van der Waals surface area contributed by atoms with E-state index < -0.39 is 0 Å². The van der Waals surface area contributed by atoms with E-state index in [0.29, 0.717) is 5.82 Å². The zero-order valence-electron chi connectivity index (χ0n) is 10.7. The number of hydrogen-bond donors (Lipinski definition) is 2. The molecule has 1 unspecified atom stereocenters. The maximum atomic E-state index is 11.4. The van der Waals surface area contributed by atoms with Crippen molar-refractivity contribution in [1.82, 2.24) is 15.3 Å². The molecule has 5 heteroatoms. The van der Waals surface area contributed by atoms with E-state index in [4.69, 9.17) is 0 Å². The molecule has 1 aliphatic heterocycles. The van der Waals surface area contributed by atoms with Crippen LogP contribution in [-0.2, 0) is 0 Å². The van der Waals surface area contributed by atoms with E-state index in [1.165, 1.54) is 0 Å². The highest BCUT2D eigenvalue weighted by molar-refractivity contribution is 5.39. The first-order valence-corrected chi connectivity index (χ1v) is 6.00. The third-order valence-electron chi connectivity index (χ3n) is 3.33. The molecule has 0 amide bonds. The molecular formula is C12H20N4O. The Morgan fingerprint density at radius 2 is 2.41 bits per heavy atom. The van der Waals surface area contributed by atoms with Crippen molar-refractivity contribution in [3.05, 3.63) is 22.2 Å². The molecule has 1 aromatic heterocycles. The first-order valence-electron chi connectivity index (χ1n) is 6.00. The lowest BCUT2D eigenvalue weighted by Gasteiger charge is -2.24. The first-order chi connectivity index (χ1) is 8.02. The molecule has 2 rings (SSSR count). The van der Waals surface area contributed by atoms with Gasteiger partial charge in [-0.1, -0.05) is 6.92 Å². The molecule has 0 radical (unpaired) electrons. The highest BCUT2D eigenvalue weighted by Crippen LogP contribution is 2.31. The van der Waals surface area contributed by atoms with Crippen LogP contribution < -0.4 is 15.8 Å². The standard InChI is InChI=1S/C12H20N4O/c1-9-14-10(6-11(17)15-9)16-5-4-12(2,8-16)7-13-3/h6,13H,4-5,7-8H2,1-3H3,(H,14,15,17). The van der Waals surface area contributed by atoms with Gasteiger partial charge in [-0.25, -0.2) is 4.98 Å². The van der Waals surface area contributed by atoms with Crippen molar-refractivity contribution in [1.29, 1.82) is 0 Å². The van der Waals surface area contributed by atoms with E-state index in [1.54, 1.807) is 6.07 Å². The van der Waals surface area contributed by atoms with Crippen molar-refractivity contribution < 1.29 is 0 Å². The topological polar surface area (TPSA) is 61.0 Å². The number of H-pyrrole nitrogens is 1. The van der Waals surface area contributed by atoms with Crippen LogP contribution in [0.25, 0.3) is 0 Å². The molecule has 1 aliphatic rings. The summed E-state index contributed by atoms with van der Waals surface area (Å²) >= 11 is 0. The Morgan fingerprint density at radius 3 is 3.06 bits per heavy atom. The van der Waals surface area contributed by atoms with Gasteiger partial charge in [0.25, 0.3) is 5.56 Å². The number of nitrogens with zero attached hydrogens (tertiary/aromatic N) is 2. The summed E-state index contributed by atoms with van der Waals surface area (Å²) in [5.41, 5.74) is 0.196. The third kappa shape index (κ3) is 2.66. The summed E-state index contributed by atoms with van der Waals surface area (Å²) in [5.74, 6) is 1.47. The fraction of sp³-hybridized carbons (Fsp3) is 0.667. The van der Waals surface area contributed by atoms with Gasteiger partial charge in [-0.2, -0.15) is 0 Å². The second-order valence-corrected chi connectivity index (χ2v) is 5.20. The van der Waals surface area contributed by atoms with E-state index in [9.17, 15) is 4.79 Å². The molecule has 0 aliphatic carbocycles. The predicted octanol–water partition coefficient (Wildman–Crippen LogP) is 0.514. The summed E-state index contributed by atoms with van der Waals surface area (Å²) in [7, 11) is 1.98. The minimum atomic E-state index is -0.0743. The summed E-state index contributed by atoms with van der Waals surface area (Å²) in [6.45, 7) is 6.99. The average Bonchev–Trinajstić information content (AvgIpc) is 2.60. The quantitative estimate of drug-likeness (QED) is 0.803. The summed E-state index contributed by atoms with van der Waals surface area (Å²) < 4.78 is 0. The molecule has 0 aromatic carbocycles. The van der Waals surface area contributed by atoms with Crippen LogP contribution in [0.3, 0.4) is 0 Å². The Hall–Kier alpha value is -1.36. The van der Waals surface area contributed by atoms with Gasteiger partial charge in [0.05, 0.1) is 0 Å². The van der Waals surface area contributed by atoms with Crippen molar-refractivity contribution in [3.63, 3.8) is 0 Å². The number of aryl methyl sites for hydroxylation is 1. The Labute approximate surface area is 101 Å². The second-order valence-electron chi connectivity index (χ2n) is 5.20. The van der Waals surface area contributed by atoms with E-state index in [2.05, 4.69) is 27.1 Å². The minimum Gasteiger partial charge on any atom is -0.356 e. The molecule has 1 atom stereocenters. The molecule has 1 fully saturated rings. The van der Waals surface area contributed by atoms with Crippen LogP contribution >= 0.6 is 0 Å². The minimum absolute atomic E-state index is 0.0743. The van der Waals surface area contributed by atoms with Crippen LogP contribution in [0.15, 0.2) is 10.9 Å². The molecular weight excluding hydrogens is 216 g/mol. The van der Waals surface area contributed by atoms with E-state index in [1.807, 2.05) is 14.0 Å². The van der Waals surface area contributed by atoms with Crippen molar-refractivity contribution in [2.45, 2.75) is 20.3 Å². The van der Waals surface area contributed by atoms with Gasteiger partial charge in [0.2, 0.25) is 0 Å². The SMILES string of the molecule is CNCC1(C)CCN(c2cc(=O)[nH]c(C)n2)C1. The molecule has 0 bridgehead atoms. The number of rotatable bonds is 3. The molecule has 1 aromatic rings. The van der Waals surface area contributed by atoms with Gasteiger partial charge < -0.3 is 15.2 Å². The van der Waals surface area contributed by atoms with Crippen molar-refractivity contribution in [3.8, 4) is 0 Å². The van der Waals surface area contributed by atoms with Crippen molar-refractivity contribution in [2.75, 3.05) is 31.6 Å². The van der Waals surface area contributed by atoms with Gasteiger partial charge in [0, 0.05) is 25.7 Å². The Morgan fingerprint density at radius 1 is 1.65 bits per heavy atom. The zero-order chi connectivity index (χ0) is 12.5. The number of hydrogen-bond acceptors (Lipinski definition) is 4. The summed E-state index contributed by atoms with van der Waals surface area (Å²) in [6.07, 6.45) is 1.13. The van der Waals surface area contributed by atoms with Gasteiger partial charge in [0.15, 0.2) is 0 Å². The fourth-order valence-electron chi connectivity index (χ4n) is 2.52. The lowest BCUT2D eigenvalue weighted by Crippen LogP contribution is -2.33. The van der Waals surface area contributed by atoms with E-state index >= 15 is 0 Å². The van der Waals surface area contributed by atoms with Gasteiger partial charge in [0.1, 0.15) is 11.6 Å². The number of nitrogens with one attached hydrogen (secondary N) is 2. The Bertz CT molecular complexity index is 456. The monoisotopic (exact) mass is 236 g/mol. The van der Waals surface area contributed by atoms with Gasteiger partial charge >= 0.3 is 0 Å². The Balaban J connectivity index is 2.17. The van der Waals surface area contributed by atoms with E-state index in [0.717, 1.165) is 31.9 Å². The number of anilines is 1. The Kier molecular flexibility index (Phi) is 3.19. The smallest absolute Gasteiger partial charge is 0.252 e. The van der Waals surface area contributed by atoms with Crippen molar-refractivity contribution in [2.24, 2.45) is 5.41 Å².